The molecule has 61 heavy (non-hydrogen) atoms. The number of unbranched alkanes of at least 4 members (excludes halogenated alkanes) is 3. The summed E-state index contributed by atoms with van der Waals surface area (Å²) >= 11 is 0. The van der Waals surface area contributed by atoms with Crippen LogP contribution in [0.2, 0.25) is 0 Å². The second-order valence-corrected chi connectivity index (χ2v) is 13.7. The van der Waals surface area contributed by atoms with Crippen molar-refractivity contribution in [2.24, 2.45) is 0 Å². The highest BCUT2D eigenvalue weighted by atomic mass is 31.0. The molecule has 0 aliphatic rings. The molecule has 0 saturated carbocycles. The smallest absolute Gasteiger partial charge is 0.313 e. The van der Waals surface area contributed by atoms with Gasteiger partial charge in [0.25, 0.3) is 0 Å². The fourth-order valence-corrected chi connectivity index (χ4v) is 5.06. The van der Waals surface area contributed by atoms with E-state index < -0.39 is 52.8 Å². The minimum absolute atomic E-state index is 0.0996. The Hall–Kier alpha value is -3.74. The van der Waals surface area contributed by atoms with Gasteiger partial charge < -0.3 is 55.7 Å². The van der Waals surface area contributed by atoms with Crippen LogP contribution in [0.4, 0.5) is 17.6 Å². The molecule has 1 aromatic rings. The van der Waals surface area contributed by atoms with Gasteiger partial charge in [-0.25, -0.2) is 13.2 Å². The monoisotopic (exact) mass is 898 g/mol. The van der Waals surface area contributed by atoms with E-state index in [1.165, 1.54) is 13.3 Å². The van der Waals surface area contributed by atoms with Crippen molar-refractivity contribution in [1.82, 2.24) is 26.6 Å². The van der Waals surface area contributed by atoms with Crippen molar-refractivity contribution in [3.63, 3.8) is 0 Å². The van der Waals surface area contributed by atoms with Crippen molar-refractivity contribution in [3.8, 4) is 5.75 Å². The first-order chi connectivity index (χ1) is 29.4. The lowest BCUT2D eigenvalue weighted by molar-refractivity contribution is -0.136. The zero-order valence-electron chi connectivity index (χ0n) is 36.5. The summed E-state index contributed by atoms with van der Waals surface area (Å²) in [5, 5.41) is 19.6. The Bertz CT molecular complexity index is 1340. The zero-order valence-corrected chi connectivity index (χ0v) is 37.6. The minimum Gasteiger partial charge on any atom is -0.420 e. The molecular formula is C41H71F4N6O9P. The van der Waals surface area contributed by atoms with Gasteiger partial charge in [0.05, 0.1) is 59.3 Å². The average molecular weight is 899 g/mol. The summed E-state index contributed by atoms with van der Waals surface area (Å²) in [6, 6.07) is -0.682. The van der Waals surface area contributed by atoms with Gasteiger partial charge in [0.15, 0.2) is 17.5 Å². The lowest BCUT2D eigenvalue weighted by atomic mass is 10.1. The largest absolute Gasteiger partial charge is 0.420 e. The molecule has 6 N–H and O–H groups in total. The molecule has 0 saturated heterocycles. The average Bonchev–Trinajstić information content (AvgIpc) is 3.24. The Morgan fingerprint density at radius 3 is 1.84 bits per heavy atom. The van der Waals surface area contributed by atoms with Crippen molar-refractivity contribution in [2.75, 3.05) is 85.6 Å². The van der Waals surface area contributed by atoms with Crippen LogP contribution in [0.1, 0.15) is 91.9 Å². The second-order valence-electron chi connectivity index (χ2n) is 13.1. The fourth-order valence-electron chi connectivity index (χ4n) is 4.80. The molecular weight excluding hydrogens is 827 g/mol. The third-order valence-corrected chi connectivity index (χ3v) is 8.25. The summed E-state index contributed by atoms with van der Waals surface area (Å²) in [5.74, 6) is -10.3. The van der Waals surface area contributed by atoms with Gasteiger partial charge in [-0.2, -0.15) is 4.39 Å². The molecule has 0 fully saturated rings. The number of esters is 1. The molecule has 15 nitrogen and oxygen atoms in total. The molecule has 1 aromatic carbocycles. The molecule has 0 aliphatic heterocycles. The van der Waals surface area contributed by atoms with Crippen molar-refractivity contribution >= 4 is 45.0 Å². The van der Waals surface area contributed by atoms with Gasteiger partial charge in [0.2, 0.25) is 29.3 Å². The summed E-state index contributed by atoms with van der Waals surface area (Å²) < 4.78 is 80.6. The van der Waals surface area contributed by atoms with Crippen molar-refractivity contribution in [2.45, 2.75) is 97.9 Å². The molecule has 20 heteroatoms. The molecule has 352 valence electrons. The Balaban J connectivity index is 0. The first-order valence-corrected chi connectivity index (χ1v) is 21.3. The SMILES string of the molecule is C/C=C\NCCCCCNCCCCC(NC(=O)CCCNC(C)=O)C(=O)NCCOCCOCCOCCOCCC(=O)Oc1c(F)c(F)c(F)c(P)c1F.C=N.CCC. The predicted molar refractivity (Wildman–Crippen MR) is 231 cm³/mol. The number of rotatable bonds is 34. The maximum absolute atomic E-state index is 14.0. The molecule has 0 bridgehead atoms. The first kappa shape index (κ1) is 59.4. The van der Waals surface area contributed by atoms with Crippen LogP contribution in [0.5, 0.6) is 5.75 Å². The lowest BCUT2D eigenvalue weighted by Crippen LogP contribution is -2.47. The van der Waals surface area contributed by atoms with E-state index in [1.54, 1.807) is 9.24 Å². The van der Waals surface area contributed by atoms with Crippen LogP contribution in [-0.4, -0.2) is 122 Å². The van der Waals surface area contributed by atoms with E-state index in [9.17, 15) is 36.7 Å². The van der Waals surface area contributed by atoms with E-state index in [1.807, 2.05) is 19.2 Å². The summed E-state index contributed by atoms with van der Waals surface area (Å²) in [5.41, 5.74) is 0. The number of carbonyl (C=O) groups excluding carboxylic acids is 4. The highest BCUT2D eigenvalue weighted by Gasteiger charge is 2.26. The number of allylic oxidation sites excluding steroid dienone is 1. The highest BCUT2D eigenvalue weighted by molar-refractivity contribution is 7.27. The van der Waals surface area contributed by atoms with Crippen molar-refractivity contribution in [3.05, 3.63) is 35.5 Å². The fraction of sp³-hybridized carbons (Fsp3) is 0.683. The summed E-state index contributed by atoms with van der Waals surface area (Å²) in [7, 11) is 1.57. The topological polar surface area (TPSA) is 198 Å². The van der Waals surface area contributed by atoms with Crippen molar-refractivity contribution in [1.29, 1.82) is 5.41 Å². The quantitative estimate of drug-likeness (QED) is 0.00841. The number of carbonyl (C=O) groups is 4. The number of hydrogen-bond acceptors (Lipinski definition) is 12. The predicted octanol–water partition coefficient (Wildman–Crippen LogP) is 4.36. The summed E-state index contributed by atoms with van der Waals surface area (Å²) in [4.78, 5) is 48.3. The molecule has 1 rings (SSSR count). The Morgan fingerprint density at radius 1 is 0.689 bits per heavy atom. The number of nitrogens with one attached hydrogen (secondary N) is 6. The molecule has 2 atom stereocenters. The second kappa shape index (κ2) is 41.6. The number of halogens is 4. The number of ether oxygens (including phenoxy) is 5. The Labute approximate surface area is 361 Å². The van der Waals surface area contributed by atoms with E-state index >= 15 is 0 Å². The van der Waals surface area contributed by atoms with Crippen LogP contribution in [0.3, 0.4) is 0 Å². The van der Waals surface area contributed by atoms with Crippen LogP contribution >= 0.6 is 9.24 Å². The molecule has 2 unspecified atom stereocenters. The van der Waals surface area contributed by atoms with Gasteiger partial charge in [-0.05, 0) is 71.5 Å². The van der Waals surface area contributed by atoms with Gasteiger partial charge in [-0.1, -0.05) is 42.0 Å². The van der Waals surface area contributed by atoms with Gasteiger partial charge in [0, 0.05) is 38.3 Å². The molecule has 3 amide bonds. The maximum atomic E-state index is 14.0. The molecule has 0 spiro atoms. The number of benzene rings is 1. The standard InChI is InChI=1S/C37H60F4N5O9P.C3H8.CH3N/c1-3-13-42-14-6-4-7-15-43-16-8-5-10-28(46-29(48)11-9-17-44-27(2)47)37(50)45-18-20-52-22-24-54-26-25-53-23-21-51-19-12-30(49)55-35-32(39)31(38)33(40)36(56)34(35)41;1-3-2;1-2/h3,13,28,42-43H,4-12,14-26,56H2,1-2H3,(H,44,47)(H,45,50)(H,46,48);3H2,1-2H3;2H,1H2/b13-3-;;. The van der Waals surface area contributed by atoms with Crippen LogP contribution in [0.25, 0.3) is 0 Å². The maximum Gasteiger partial charge on any atom is 0.313 e. The van der Waals surface area contributed by atoms with E-state index in [0.29, 0.717) is 19.4 Å². The first-order valence-electron chi connectivity index (χ1n) is 20.8. The van der Waals surface area contributed by atoms with E-state index in [0.717, 1.165) is 51.7 Å². The highest BCUT2D eigenvalue weighted by Crippen LogP contribution is 2.26. The van der Waals surface area contributed by atoms with Gasteiger partial charge >= 0.3 is 5.97 Å². The van der Waals surface area contributed by atoms with Crippen LogP contribution in [0.15, 0.2) is 12.3 Å². The molecule has 0 heterocycles. The van der Waals surface area contributed by atoms with Crippen LogP contribution in [0, 0.1) is 28.7 Å². The van der Waals surface area contributed by atoms with Gasteiger partial charge in [-0.3, -0.25) is 19.2 Å². The molecule has 0 aromatic heterocycles. The zero-order chi connectivity index (χ0) is 46.1. The Morgan fingerprint density at radius 2 is 1.25 bits per heavy atom. The van der Waals surface area contributed by atoms with E-state index in [4.69, 9.17) is 24.4 Å². The number of hydrogen-bond donors (Lipinski definition) is 6. The third kappa shape index (κ3) is 32.6. The van der Waals surface area contributed by atoms with E-state index in [-0.39, 0.29) is 83.5 Å². The van der Waals surface area contributed by atoms with Crippen LogP contribution in [-0.2, 0) is 38.1 Å². The van der Waals surface area contributed by atoms with Gasteiger partial charge in [-0.15, -0.1) is 0 Å². The lowest BCUT2D eigenvalue weighted by Gasteiger charge is -2.19. The van der Waals surface area contributed by atoms with E-state index in [2.05, 4.69) is 51.9 Å². The van der Waals surface area contributed by atoms with Crippen LogP contribution < -0.4 is 36.6 Å². The van der Waals surface area contributed by atoms with Gasteiger partial charge in [0.1, 0.15) is 6.04 Å². The third-order valence-electron chi connectivity index (χ3n) is 7.75. The normalized spacial score (nSPS) is 11.2. The summed E-state index contributed by atoms with van der Waals surface area (Å²) in [6.45, 7) is 14.9. The number of amides is 3. The molecule has 0 radical (unpaired) electrons. The molecule has 0 aliphatic carbocycles. The Kier molecular flexibility index (Phi) is 40.5. The minimum atomic E-state index is -1.95. The summed E-state index contributed by atoms with van der Waals surface area (Å²) in [6.07, 6.45) is 10.9. The van der Waals surface area contributed by atoms with Crippen molar-refractivity contribution < 1.29 is 60.4 Å².